The third kappa shape index (κ3) is 5.15. The fourth-order valence-electron chi connectivity index (χ4n) is 1.41. The van der Waals surface area contributed by atoms with Crippen molar-refractivity contribution in [1.29, 1.82) is 0 Å². The molecule has 96 valence electrons. The lowest BCUT2D eigenvalue weighted by Crippen LogP contribution is -2.26. The molecule has 4 heteroatoms. The highest BCUT2D eigenvalue weighted by Gasteiger charge is 2.03. The molecule has 0 fully saturated rings. The minimum absolute atomic E-state index is 0.259. The Balaban J connectivity index is 2.30. The average molecular weight is 241 g/mol. The SMILES string of the molecule is COc1ccc(COCCNC(C)C)cc1F. The summed E-state index contributed by atoms with van der Waals surface area (Å²) in [4.78, 5) is 0. The average Bonchev–Trinajstić information content (AvgIpc) is 2.28. The number of rotatable bonds is 7. The highest BCUT2D eigenvalue weighted by atomic mass is 19.1. The van der Waals surface area contributed by atoms with E-state index >= 15 is 0 Å². The molecule has 0 aromatic heterocycles. The monoisotopic (exact) mass is 241 g/mol. The third-order valence-corrected chi connectivity index (χ3v) is 2.28. The predicted octanol–water partition coefficient (Wildman–Crippen LogP) is 2.35. The van der Waals surface area contributed by atoms with E-state index in [1.165, 1.54) is 13.2 Å². The van der Waals surface area contributed by atoms with Crippen LogP contribution in [0.3, 0.4) is 0 Å². The molecule has 0 radical (unpaired) electrons. The maximum atomic E-state index is 13.3. The van der Waals surface area contributed by atoms with Gasteiger partial charge in [0.1, 0.15) is 0 Å². The topological polar surface area (TPSA) is 30.5 Å². The summed E-state index contributed by atoms with van der Waals surface area (Å²) < 4.78 is 23.6. The van der Waals surface area contributed by atoms with Gasteiger partial charge in [0.25, 0.3) is 0 Å². The summed E-state index contributed by atoms with van der Waals surface area (Å²) in [5, 5.41) is 3.24. The van der Waals surface area contributed by atoms with Crippen LogP contribution in [0.2, 0.25) is 0 Å². The van der Waals surface area contributed by atoms with Crippen LogP contribution < -0.4 is 10.1 Å². The van der Waals surface area contributed by atoms with Crippen LogP contribution in [0.25, 0.3) is 0 Å². The number of hydrogen-bond donors (Lipinski definition) is 1. The molecule has 1 N–H and O–H groups in total. The van der Waals surface area contributed by atoms with Crippen LogP contribution in [0.4, 0.5) is 4.39 Å². The summed E-state index contributed by atoms with van der Waals surface area (Å²) in [6.45, 7) is 6.00. The van der Waals surface area contributed by atoms with E-state index in [1.54, 1.807) is 12.1 Å². The van der Waals surface area contributed by atoms with E-state index in [9.17, 15) is 4.39 Å². The lowest BCUT2D eigenvalue weighted by Gasteiger charge is -2.09. The number of halogens is 1. The Morgan fingerprint density at radius 3 is 2.71 bits per heavy atom. The summed E-state index contributed by atoms with van der Waals surface area (Å²) in [6.07, 6.45) is 0. The van der Waals surface area contributed by atoms with E-state index < -0.39 is 0 Å². The molecule has 0 unspecified atom stereocenters. The highest BCUT2D eigenvalue weighted by molar-refractivity contribution is 5.28. The van der Waals surface area contributed by atoms with Gasteiger partial charge < -0.3 is 14.8 Å². The molecule has 0 saturated carbocycles. The Labute approximate surface area is 102 Å². The van der Waals surface area contributed by atoms with E-state index in [4.69, 9.17) is 9.47 Å². The van der Waals surface area contributed by atoms with Gasteiger partial charge >= 0.3 is 0 Å². The van der Waals surface area contributed by atoms with E-state index in [-0.39, 0.29) is 11.6 Å². The summed E-state index contributed by atoms with van der Waals surface area (Å²) in [6, 6.07) is 5.31. The van der Waals surface area contributed by atoms with Gasteiger partial charge in [-0.05, 0) is 17.7 Å². The molecule has 0 spiro atoms. The minimum atomic E-state index is -0.353. The molecule has 17 heavy (non-hydrogen) atoms. The lowest BCUT2D eigenvalue weighted by molar-refractivity contribution is 0.121. The molecule has 0 aliphatic carbocycles. The van der Waals surface area contributed by atoms with E-state index in [0.717, 1.165) is 12.1 Å². The van der Waals surface area contributed by atoms with Crippen molar-refractivity contribution in [3.63, 3.8) is 0 Å². The van der Waals surface area contributed by atoms with Gasteiger partial charge in [0.2, 0.25) is 0 Å². The zero-order valence-corrected chi connectivity index (χ0v) is 10.6. The second-order valence-corrected chi connectivity index (χ2v) is 4.13. The summed E-state index contributed by atoms with van der Waals surface area (Å²) >= 11 is 0. The Kier molecular flexibility index (Phi) is 5.94. The first-order valence-corrected chi connectivity index (χ1v) is 5.77. The van der Waals surface area contributed by atoms with Crippen molar-refractivity contribution in [3.8, 4) is 5.75 Å². The minimum Gasteiger partial charge on any atom is -0.494 e. The van der Waals surface area contributed by atoms with Crippen LogP contribution in [0.15, 0.2) is 18.2 Å². The van der Waals surface area contributed by atoms with Gasteiger partial charge in [0.15, 0.2) is 11.6 Å². The number of nitrogens with one attached hydrogen (secondary N) is 1. The van der Waals surface area contributed by atoms with Crippen molar-refractivity contribution in [2.75, 3.05) is 20.3 Å². The molecule has 0 aliphatic rings. The third-order valence-electron chi connectivity index (χ3n) is 2.28. The molecule has 0 bridgehead atoms. The van der Waals surface area contributed by atoms with Gasteiger partial charge in [0.05, 0.1) is 20.3 Å². The molecular weight excluding hydrogens is 221 g/mol. The molecular formula is C13H20FNO2. The van der Waals surface area contributed by atoms with Crippen LogP contribution in [0, 0.1) is 5.82 Å². The number of methoxy groups -OCH3 is 1. The standard InChI is InChI=1S/C13H20FNO2/c1-10(2)15-6-7-17-9-11-4-5-13(16-3)12(14)8-11/h4-5,8,10,15H,6-7,9H2,1-3H3. The first kappa shape index (κ1) is 13.9. The molecule has 0 amide bonds. The van der Waals surface area contributed by atoms with Crippen LogP contribution in [-0.2, 0) is 11.3 Å². The van der Waals surface area contributed by atoms with Gasteiger partial charge in [0, 0.05) is 12.6 Å². The molecule has 1 aromatic carbocycles. The van der Waals surface area contributed by atoms with Gasteiger partial charge in [-0.1, -0.05) is 19.9 Å². The smallest absolute Gasteiger partial charge is 0.165 e. The maximum absolute atomic E-state index is 13.3. The summed E-state index contributed by atoms with van der Waals surface area (Å²) in [5.74, 6) is -0.0934. The molecule has 0 saturated heterocycles. The van der Waals surface area contributed by atoms with Gasteiger partial charge in [-0.25, -0.2) is 4.39 Å². The largest absolute Gasteiger partial charge is 0.494 e. The first-order valence-electron chi connectivity index (χ1n) is 5.77. The van der Waals surface area contributed by atoms with Crippen molar-refractivity contribution in [1.82, 2.24) is 5.32 Å². The predicted molar refractivity (Wildman–Crippen MR) is 65.7 cm³/mol. The van der Waals surface area contributed by atoms with Gasteiger partial charge in [-0.3, -0.25) is 0 Å². The fourth-order valence-corrected chi connectivity index (χ4v) is 1.41. The fraction of sp³-hybridized carbons (Fsp3) is 0.538. The molecule has 0 atom stereocenters. The number of ether oxygens (including phenoxy) is 2. The Morgan fingerprint density at radius 2 is 2.12 bits per heavy atom. The zero-order chi connectivity index (χ0) is 12.7. The molecule has 0 aliphatic heterocycles. The van der Waals surface area contributed by atoms with Gasteiger partial charge in [-0.2, -0.15) is 0 Å². The van der Waals surface area contributed by atoms with Crippen molar-refractivity contribution in [2.45, 2.75) is 26.5 Å². The van der Waals surface area contributed by atoms with E-state index in [0.29, 0.717) is 19.3 Å². The van der Waals surface area contributed by atoms with Crippen LogP contribution >= 0.6 is 0 Å². The molecule has 1 aromatic rings. The molecule has 0 heterocycles. The first-order chi connectivity index (χ1) is 8.13. The van der Waals surface area contributed by atoms with Crippen LogP contribution in [0.1, 0.15) is 19.4 Å². The second kappa shape index (κ2) is 7.25. The quantitative estimate of drug-likeness (QED) is 0.743. The van der Waals surface area contributed by atoms with E-state index in [1.807, 2.05) is 0 Å². The second-order valence-electron chi connectivity index (χ2n) is 4.13. The normalized spacial score (nSPS) is 10.9. The Bertz CT molecular complexity index is 342. The van der Waals surface area contributed by atoms with Crippen LogP contribution in [0.5, 0.6) is 5.75 Å². The number of hydrogen-bond acceptors (Lipinski definition) is 3. The molecule has 1 rings (SSSR count). The Hall–Kier alpha value is -1.13. The van der Waals surface area contributed by atoms with E-state index in [2.05, 4.69) is 19.2 Å². The zero-order valence-electron chi connectivity index (χ0n) is 10.6. The van der Waals surface area contributed by atoms with Crippen molar-refractivity contribution in [3.05, 3.63) is 29.6 Å². The van der Waals surface area contributed by atoms with Crippen molar-refractivity contribution in [2.24, 2.45) is 0 Å². The maximum Gasteiger partial charge on any atom is 0.165 e. The molecule has 3 nitrogen and oxygen atoms in total. The number of benzene rings is 1. The van der Waals surface area contributed by atoms with Crippen molar-refractivity contribution < 1.29 is 13.9 Å². The lowest BCUT2D eigenvalue weighted by atomic mass is 10.2. The summed E-state index contributed by atoms with van der Waals surface area (Å²) in [5.41, 5.74) is 0.813. The van der Waals surface area contributed by atoms with Gasteiger partial charge in [-0.15, -0.1) is 0 Å². The van der Waals surface area contributed by atoms with Crippen LogP contribution in [-0.4, -0.2) is 26.3 Å². The highest BCUT2D eigenvalue weighted by Crippen LogP contribution is 2.17. The Morgan fingerprint density at radius 1 is 1.35 bits per heavy atom. The van der Waals surface area contributed by atoms with Crippen molar-refractivity contribution >= 4 is 0 Å². The summed E-state index contributed by atoms with van der Waals surface area (Å²) in [7, 11) is 1.45.